The fourth-order valence-electron chi connectivity index (χ4n) is 3.82. The number of rotatable bonds is 6. The Kier molecular flexibility index (Phi) is 5.78. The van der Waals surface area contributed by atoms with E-state index in [1.807, 2.05) is 7.05 Å². The maximum Gasteiger partial charge on any atom is 0.151 e. The highest BCUT2D eigenvalue weighted by Gasteiger charge is 2.21. The molecule has 3 aromatic rings. The number of nitrogens with zero attached hydrogens (tertiary/aromatic N) is 6. The van der Waals surface area contributed by atoms with Crippen LogP contribution < -0.4 is 0 Å². The molecule has 2 aromatic heterocycles. The summed E-state index contributed by atoms with van der Waals surface area (Å²) in [6.45, 7) is 5.74. The molecule has 0 fully saturated rings. The van der Waals surface area contributed by atoms with E-state index in [0.29, 0.717) is 0 Å². The van der Waals surface area contributed by atoms with E-state index in [2.05, 4.69) is 51.9 Å². The van der Waals surface area contributed by atoms with Crippen molar-refractivity contribution in [2.45, 2.75) is 45.7 Å². The van der Waals surface area contributed by atoms with E-state index in [-0.39, 0.29) is 0 Å². The van der Waals surface area contributed by atoms with Crippen LogP contribution in [-0.2, 0) is 45.8 Å². The van der Waals surface area contributed by atoms with Gasteiger partial charge in [-0.1, -0.05) is 48.9 Å². The van der Waals surface area contributed by atoms with Crippen molar-refractivity contribution >= 4 is 11.6 Å². The first-order valence-corrected chi connectivity index (χ1v) is 10.4. The van der Waals surface area contributed by atoms with Gasteiger partial charge in [0.25, 0.3) is 0 Å². The molecule has 1 aliphatic rings. The maximum absolute atomic E-state index is 6.47. The molecular formula is C21H27ClN6. The number of fused-ring (bicyclic) bond motifs is 1. The molecule has 0 amide bonds. The van der Waals surface area contributed by atoms with E-state index in [1.54, 1.807) is 4.68 Å². The first-order valence-electron chi connectivity index (χ1n) is 10.0. The molecule has 0 saturated carbocycles. The van der Waals surface area contributed by atoms with Gasteiger partial charge in [-0.25, -0.2) is 9.67 Å². The highest BCUT2D eigenvalue weighted by atomic mass is 35.5. The Morgan fingerprint density at radius 2 is 1.86 bits per heavy atom. The summed E-state index contributed by atoms with van der Waals surface area (Å²) < 4.78 is 3.87. The van der Waals surface area contributed by atoms with Crippen LogP contribution >= 0.6 is 11.6 Å². The zero-order valence-electron chi connectivity index (χ0n) is 16.6. The van der Waals surface area contributed by atoms with E-state index in [4.69, 9.17) is 21.7 Å². The van der Waals surface area contributed by atoms with Gasteiger partial charge in [0.05, 0.1) is 12.2 Å². The van der Waals surface area contributed by atoms with Crippen LogP contribution in [0.1, 0.15) is 35.4 Å². The number of benzene rings is 1. The van der Waals surface area contributed by atoms with Crippen LogP contribution in [-0.4, -0.2) is 42.5 Å². The average Bonchev–Trinajstić information content (AvgIpc) is 3.17. The van der Waals surface area contributed by atoms with Crippen molar-refractivity contribution in [1.82, 2.24) is 29.4 Å². The minimum absolute atomic E-state index is 0.750. The number of aromatic nitrogens is 5. The second-order valence-corrected chi connectivity index (χ2v) is 7.73. The molecule has 0 N–H and O–H groups in total. The average molecular weight is 399 g/mol. The smallest absolute Gasteiger partial charge is 0.151 e. The highest BCUT2D eigenvalue weighted by molar-refractivity contribution is 6.30. The van der Waals surface area contributed by atoms with Gasteiger partial charge in [-0.2, -0.15) is 10.2 Å². The molecule has 4 rings (SSSR count). The molecule has 28 heavy (non-hydrogen) atoms. The largest absolute Gasteiger partial charge is 0.297 e. The Labute approximate surface area is 171 Å². The molecule has 0 spiro atoms. The third-order valence-corrected chi connectivity index (χ3v) is 5.89. The summed E-state index contributed by atoms with van der Waals surface area (Å²) in [7, 11) is 1.91. The van der Waals surface area contributed by atoms with Crippen LogP contribution in [0.15, 0.2) is 30.3 Å². The van der Waals surface area contributed by atoms with Gasteiger partial charge >= 0.3 is 0 Å². The standard InChI is InChI=1S/C21H27ClN6/c1-3-18-17(21(22)26(2)24-18)15-27-12-11-20-23-19(25-28(20)14-13-27)10-9-16-7-5-4-6-8-16/h4-8H,3,9-15H2,1-2H3. The second kappa shape index (κ2) is 8.45. The van der Waals surface area contributed by atoms with Crippen molar-refractivity contribution in [3.63, 3.8) is 0 Å². The Morgan fingerprint density at radius 3 is 2.64 bits per heavy atom. The molecule has 0 saturated heterocycles. The molecule has 1 aromatic carbocycles. The lowest BCUT2D eigenvalue weighted by Crippen LogP contribution is -2.27. The fraction of sp³-hybridized carbons (Fsp3) is 0.476. The lowest BCUT2D eigenvalue weighted by molar-refractivity contribution is 0.268. The van der Waals surface area contributed by atoms with Crippen LogP contribution in [0.4, 0.5) is 0 Å². The van der Waals surface area contributed by atoms with Crippen LogP contribution in [0.25, 0.3) is 0 Å². The zero-order valence-corrected chi connectivity index (χ0v) is 17.4. The lowest BCUT2D eigenvalue weighted by Gasteiger charge is -2.19. The van der Waals surface area contributed by atoms with Crippen LogP contribution in [0, 0.1) is 0 Å². The van der Waals surface area contributed by atoms with Gasteiger partial charge in [0.2, 0.25) is 0 Å². The van der Waals surface area contributed by atoms with Crippen molar-refractivity contribution in [1.29, 1.82) is 0 Å². The van der Waals surface area contributed by atoms with E-state index in [1.165, 1.54) is 5.56 Å². The third kappa shape index (κ3) is 4.13. The summed E-state index contributed by atoms with van der Waals surface area (Å²) in [5, 5.41) is 10.0. The van der Waals surface area contributed by atoms with Crippen LogP contribution in [0.3, 0.4) is 0 Å². The quantitative estimate of drug-likeness (QED) is 0.640. The summed E-state index contributed by atoms with van der Waals surface area (Å²) in [4.78, 5) is 7.24. The highest BCUT2D eigenvalue weighted by Crippen LogP contribution is 2.22. The first kappa shape index (κ1) is 19.2. The number of halogens is 1. The third-order valence-electron chi connectivity index (χ3n) is 5.42. The molecule has 0 aliphatic carbocycles. The van der Waals surface area contributed by atoms with E-state index in [9.17, 15) is 0 Å². The maximum atomic E-state index is 6.47. The molecule has 0 radical (unpaired) electrons. The summed E-state index contributed by atoms with van der Waals surface area (Å²) >= 11 is 6.47. The van der Waals surface area contributed by atoms with Gasteiger partial charge < -0.3 is 0 Å². The van der Waals surface area contributed by atoms with Crippen molar-refractivity contribution in [3.05, 3.63) is 64.0 Å². The fourth-order valence-corrected chi connectivity index (χ4v) is 4.03. The van der Waals surface area contributed by atoms with Gasteiger partial charge in [-0.15, -0.1) is 0 Å². The molecule has 1 aliphatic heterocycles. The zero-order chi connectivity index (χ0) is 19.5. The predicted molar refractivity (Wildman–Crippen MR) is 110 cm³/mol. The number of hydrogen-bond acceptors (Lipinski definition) is 4. The van der Waals surface area contributed by atoms with Crippen molar-refractivity contribution < 1.29 is 0 Å². The van der Waals surface area contributed by atoms with Crippen molar-refractivity contribution in [3.8, 4) is 0 Å². The van der Waals surface area contributed by atoms with Crippen molar-refractivity contribution in [2.24, 2.45) is 7.05 Å². The Morgan fingerprint density at radius 1 is 1.04 bits per heavy atom. The minimum Gasteiger partial charge on any atom is -0.297 e. The Balaban J connectivity index is 1.38. The molecule has 0 bridgehead atoms. The second-order valence-electron chi connectivity index (χ2n) is 7.37. The van der Waals surface area contributed by atoms with Gasteiger partial charge in [0, 0.05) is 45.1 Å². The molecule has 0 unspecified atom stereocenters. The molecule has 0 atom stereocenters. The van der Waals surface area contributed by atoms with Crippen LogP contribution in [0.5, 0.6) is 0 Å². The van der Waals surface area contributed by atoms with Gasteiger partial charge in [-0.3, -0.25) is 9.58 Å². The SMILES string of the molecule is CCc1nn(C)c(Cl)c1CN1CCc2nc(CCc3ccccc3)nn2CC1. The molecule has 148 valence electrons. The van der Waals surface area contributed by atoms with Gasteiger partial charge in [-0.05, 0) is 18.4 Å². The minimum atomic E-state index is 0.750. The molecule has 6 nitrogen and oxygen atoms in total. The molecule has 3 heterocycles. The summed E-state index contributed by atoms with van der Waals surface area (Å²) in [6, 6.07) is 10.5. The number of hydrogen-bond donors (Lipinski definition) is 0. The first-order chi connectivity index (χ1) is 13.6. The Hall–Kier alpha value is -2.18. The summed E-state index contributed by atoms with van der Waals surface area (Å²) in [5.74, 6) is 2.05. The monoisotopic (exact) mass is 398 g/mol. The normalized spacial score (nSPS) is 14.8. The lowest BCUT2D eigenvalue weighted by atomic mass is 10.1. The van der Waals surface area contributed by atoms with E-state index >= 15 is 0 Å². The Bertz CT molecular complexity index is 905. The van der Waals surface area contributed by atoms with Crippen LogP contribution in [0.2, 0.25) is 5.15 Å². The van der Waals surface area contributed by atoms with Crippen molar-refractivity contribution in [2.75, 3.05) is 13.1 Å². The van der Waals surface area contributed by atoms with Gasteiger partial charge in [0.15, 0.2) is 5.82 Å². The van der Waals surface area contributed by atoms with Gasteiger partial charge in [0.1, 0.15) is 11.0 Å². The topological polar surface area (TPSA) is 51.8 Å². The summed E-state index contributed by atoms with van der Waals surface area (Å²) in [6.07, 6.45) is 3.68. The predicted octanol–water partition coefficient (Wildman–Crippen LogP) is 3.07. The number of aryl methyl sites for hydroxylation is 4. The molecular weight excluding hydrogens is 372 g/mol. The van der Waals surface area contributed by atoms with E-state index < -0.39 is 0 Å². The molecule has 7 heteroatoms. The van der Waals surface area contributed by atoms with E-state index in [0.717, 1.165) is 79.9 Å². The summed E-state index contributed by atoms with van der Waals surface area (Å²) in [5.41, 5.74) is 3.58.